The summed E-state index contributed by atoms with van der Waals surface area (Å²) in [5.74, 6) is 2.34. The maximum atomic E-state index is 14.8. The van der Waals surface area contributed by atoms with Gasteiger partial charge in [0.2, 0.25) is 11.8 Å². The lowest BCUT2D eigenvalue weighted by molar-refractivity contribution is -0.136. The molecule has 6 heterocycles. The van der Waals surface area contributed by atoms with E-state index in [0.717, 1.165) is 64.9 Å². The number of anilines is 4. The van der Waals surface area contributed by atoms with Gasteiger partial charge < -0.3 is 35.4 Å². The van der Waals surface area contributed by atoms with Gasteiger partial charge in [-0.15, -0.1) is 26.6 Å². The monoisotopic (exact) mass is 1150 g/mol. The highest BCUT2D eigenvalue weighted by Crippen LogP contribution is 2.36. The largest absolute Gasteiger partial charge is 0.491 e. The van der Waals surface area contributed by atoms with Crippen LogP contribution in [0, 0.1) is 24.6 Å². The number of carbonyl (C=O) groups excluding carboxylic acids is 5. The number of aromatic carboxylic acids is 1. The zero-order valence-electron chi connectivity index (χ0n) is 45.2. The number of carboxylic acid groups (broad SMARTS) is 1. The summed E-state index contributed by atoms with van der Waals surface area (Å²) < 4.78 is 29.2. The second-order valence-electron chi connectivity index (χ2n) is 19.5. The van der Waals surface area contributed by atoms with Crippen molar-refractivity contribution < 1.29 is 47.7 Å². The number of benzene rings is 3. The first-order valence-electron chi connectivity index (χ1n) is 27.0. The molecule has 82 heavy (non-hydrogen) atoms. The predicted molar refractivity (Wildman–Crippen MR) is 304 cm³/mol. The number of nitrogens with one attached hydrogen (secondary N) is 4. The van der Waals surface area contributed by atoms with Crippen molar-refractivity contribution in [3.8, 4) is 23.3 Å². The minimum atomic E-state index is -1.17. The predicted octanol–water partition coefficient (Wildman–Crippen LogP) is 7.31. The molecule has 5 N–H and O–H groups in total. The van der Waals surface area contributed by atoms with Crippen molar-refractivity contribution in [3.63, 3.8) is 0 Å². The van der Waals surface area contributed by atoms with E-state index in [-0.39, 0.29) is 60.3 Å². The van der Waals surface area contributed by atoms with Gasteiger partial charge in [0.1, 0.15) is 11.8 Å². The maximum Gasteiger partial charge on any atom is 0.355 e. The van der Waals surface area contributed by atoms with Gasteiger partial charge in [0.15, 0.2) is 45.8 Å². The smallest absolute Gasteiger partial charge is 0.355 e. The number of piperidine rings is 1. The van der Waals surface area contributed by atoms with Crippen LogP contribution in [0.1, 0.15) is 117 Å². The van der Waals surface area contributed by atoms with E-state index in [9.17, 15) is 38.3 Å². The summed E-state index contributed by atoms with van der Waals surface area (Å²) in [4.78, 5) is 88.3. The molecule has 1 fully saturated rings. The van der Waals surface area contributed by atoms with Crippen molar-refractivity contribution in [2.24, 2.45) is 0 Å². The van der Waals surface area contributed by atoms with Crippen molar-refractivity contribution in [2.45, 2.75) is 96.6 Å². The topological polar surface area (TPSA) is 278 Å². The average Bonchev–Trinajstić information content (AvgIpc) is 3.88. The zero-order chi connectivity index (χ0) is 57.5. The van der Waals surface area contributed by atoms with Crippen molar-refractivity contribution in [1.82, 2.24) is 56.0 Å². The highest BCUT2D eigenvalue weighted by Gasteiger charge is 2.46. The Morgan fingerprint density at radius 1 is 0.890 bits per heavy atom. The van der Waals surface area contributed by atoms with Gasteiger partial charge in [0, 0.05) is 42.7 Å². The Labute approximate surface area is 479 Å². The second-order valence-corrected chi connectivity index (χ2v) is 21.6. The van der Waals surface area contributed by atoms with E-state index >= 15 is 0 Å². The molecular weight excluding hydrogens is 1090 g/mol. The molecule has 1 unspecified atom stereocenters. The zero-order valence-corrected chi connectivity index (χ0v) is 46.8. The SMILES string of the molecule is CNCC#Cc1ccc(OCCCc2sc(N(CCCc3cn(CCCCCCCCNC(=O)COc4cccc5c4C(=O)N(C4CCC(=O)NC4=O)C5=O)nn3)c3cc(C)c(Nc4nc5ccccc5s4)nn3)nc2C(=O)O)c(F)c1. The number of aryl methyl sites for hydroxylation is 4. The number of fused-ring (bicyclic) bond motifs is 2. The lowest BCUT2D eigenvalue weighted by atomic mass is 10.0. The third kappa shape index (κ3) is 14.6. The summed E-state index contributed by atoms with van der Waals surface area (Å²) in [6.07, 6.45) is 9.39. The van der Waals surface area contributed by atoms with Crippen molar-refractivity contribution >= 4 is 90.3 Å². The van der Waals surface area contributed by atoms with Crippen LogP contribution in [-0.4, -0.2) is 127 Å². The molecule has 2 aliphatic heterocycles. The van der Waals surface area contributed by atoms with E-state index in [1.165, 1.54) is 53.0 Å². The number of aromatic nitrogens is 7. The van der Waals surface area contributed by atoms with Crippen molar-refractivity contribution in [3.05, 3.63) is 117 Å². The molecule has 2 aliphatic rings. The molecule has 0 spiro atoms. The van der Waals surface area contributed by atoms with Gasteiger partial charge in [-0.05, 0) is 113 Å². The molecule has 5 amide bonds. The number of thiazole rings is 2. The molecular formula is C57H60FN13O9S2. The Balaban J connectivity index is 0.727. The van der Waals surface area contributed by atoms with E-state index in [1.54, 1.807) is 13.1 Å². The molecule has 7 aromatic rings. The van der Waals surface area contributed by atoms with Crippen molar-refractivity contribution in [2.75, 3.05) is 50.1 Å². The first-order chi connectivity index (χ1) is 39.8. The molecule has 3 aromatic carbocycles. The highest BCUT2D eigenvalue weighted by molar-refractivity contribution is 7.22. The fourth-order valence-electron chi connectivity index (χ4n) is 9.31. The molecule has 4 aromatic heterocycles. The Morgan fingerprint density at radius 2 is 1.72 bits per heavy atom. The molecule has 22 nitrogen and oxygen atoms in total. The Hall–Kier alpha value is -8.73. The van der Waals surface area contributed by atoms with Crippen LogP contribution in [-0.2, 0) is 33.8 Å². The van der Waals surface area contributed by atoms with E-state index in [0.29, 0.717) is 84.2 Å². The summed E-state index contributed by atoms with van der Waals surface area (Å²) in [7, 11) is 1.78. The summed E-state index contributed by atoms with van der Waals surface area (Å²) in [6, 6.07) is 17.7. The summed E-state index contributed by atoms with van der Waals surface area (Å²) in [5, 5.41) is 40.6. The fraction of sp³-hybridized carbons (Fsp3) is 0.368. The van der Waals surface area contributed by atoms with Crippen LogP contribution in [0.5, 0.6) is 11.5 Å². The average molecular weight is 1150 g/mol. The maximum absolute atomic E-state index is 14.8. The number of nitrogens with zero attached hydrogens (tertiary/aromatic N) is 9. The van der Waals surface area contributed by atoms with Gasteiger partial charge in [0.05, 0.1) is 40.2 Å². The second kappa shape index (κ2) is 27.6. The Kier molecular flexibility index (Phi) is 19.5. The molecule has 0 saturated carbocycles. The third-order valence-electron chi connectivity index (χ3n) is 13.4. The summed E-state index contributed by atoms with van der Waals surface area (Å²) in [6.45, 7) is 3.70. The number of amides is 5. The highest BCUT2D eigenvalue weighted by atomic mass is 32.1. The van der Waals surface area contributed by atoms with Crippen LogP contribution < -0.4 is 35.6 Å². The van der Waals surface area contributed by atoms with Crippen LogP contribution in [0.4, 0.5) is 26.3 Å². The molecule has 426 valence electrons. The van der Waals surface area contributed by atoms with Crippen molar-refractivity contribution in [1.29, 1.82) is 0 Å². The van der Waals surface area contributed by atoms with Crippen LogP contribution in [0.15, 0.2) is 72.9 Å². The van der Waals surface area contributed by atoms with Gasteiger partial charge in [-0.3, -0.25) is 38.9 Å². The van der Waals surface area contributed by atoms with E-state index in [2.05, 4.69) is 63.6 Å². The van der Waals surface area contributed by atoms with E-state index in [1.807, 2.05) is 53.0 Å². The summed E-state index contributed by atoms with van der Waals surface area (Å²) >= 11 is 2.76. The number of ether oxygens (including phenoxy) is 2. The first-order valence-corrected chi connectivity index (χ1v) is 28.6. The van der Waals surface area contributed by atoms with Crippen LogP contribution >= 0.6 is 22.7 Å². The van der Waals surface area contributed by atoms with Gasteiger partial charge in [-0.1, -0.05) is 72.3 Å². The van der Waals surface area contributed by atoms with Crippen LogP contribution in [0.25, 0.3) is 10.2 Å². The number of para-hydroxylation sites is 1. The summed E-state index contributed by atoms with van der Waals surface area (Å²) in [5.41, 5.74) is 2.97. The van der Waals surface area contributed by atoms with Gasteiger partial charge in [0.25, 0.3) is 17.7 Å². The number of carboxylic acids is 1. The third-order valence-corrected chi connectivity index (χ3v) is 15.5. The van der Waals surface area contributed by atoms with Gasteiger partial charge >= 0.3 is 5.97 Å². The van der Waals surface area contributed by atoms with Gasteiger partial charge in [-0.25, -0.2) is 19.2 Å². The quantitative estimate of drug-likeness (QED) is 0.0183. The number of rotatable bonds is 28. The number of hydrogen-bond acceptors (Lipinski definition) is 19. The lowest BCUT2D eigenvalue weighted by Gasteiger charge is -2.27. The first kappa shape index (κ1) is 57.9. The van der Waals surface area contributed by atoms with Crippen LogP contribution in [0.3, 0.4) is 0 Å². The molecule has 9 rings (SSSR count). The van der Waals surface area contributed by atoms with Crippen LogP contribution in [0.2, 0.25) is 0 Å². The number of unbranched alkanes of at least 4 members (excludes halogenated alkanes) is 5. The fourth-order valence-corrected chi connectivity index (χ4v) is 11.3. The number of hydrogen-bond donors (Lipinski definition) is 5. The molecule has 1 atom stereocenters. The molecule has 0 bridgehead atoms. The van der Waals surface area contributed by atoms with E-state index < -0.39 is 41.5 Å². The number of imide groups is 2. The van der Waals surface area contributed by atoms with Gasteiger partial charge in [-0.2, -0.15) is 0 Å². The molecule has 1 saturated heterocycles. The number of carbonyl (C=O) groups is 6. The van der Waals surface area contributed by atoms with E-state index in [4.69, 9.17) is 9.47 Å². The molecule has 0 aliphatic carbocycles. The Bertz CT molecular complexity index is 3520. The Morgan fingerprint density at radius 3 is 2.51 bits per heavy atom. The minimum absolute atomic E-state index is 0.00450. The molecule has 25 heteroatoms. The molecule has 0 radical (unpaired) electrons. The standard InChI is InChI=1S/C57H60FN13O9S2/c1-35-31-46(66-67-51(35)64-56-61-40-18-7-8-20-44(40)81-56)70(57-63-50(55(77)78)45(82-57)21-14-30-79-42-24-22-36(32-39(42)58)15-12-26-59-2)29-13-16-37-33-69(68-65-37)28-10-6-4-3-5-9-27-60-48(73)34-80-43-19-11-17-38-49(43)54(76)71(53(38)75)41-23-25-47(72)62-52(41)74/h7-8,11,17-20,22,24,31-33,41,59H,3-6,9-10,13-14,16,21,23,25-30,34H2,1-2H3,(H,60,73)(H,77,78)(H,61,64,67)(H,62,72,74). The normalized spacial score (nSPS) is 13.9. The lowest BCUT2D eigenvalue weighted by Crippen LogP contribution is -2.54. The number of halogens is 1. The minimum Gasteiger partial charge on any atom is -0.491 e.